The van der Waals surface area contributed by atoms with Crippen molar-refractivity contribution < 1.29 is 13.2 Å². The summed E-state index contributed by atoms with van der Waals surface area (Å²) in [4.78, 5) is 0. The lowest BCUT2D eigenvalue weighted by Crippen LogP contribution is -2.40. The first-order valence-electron chi connectivity index (χ1n) is 5.71. The Labute approximate surface area is 103 Å². The largest absolute Gasteiger partial charge is 0.413 e. The van der Waals surface area contributed by atoms with Gasteiger partial charge in [-0.1, -0.05) is 26.8 Å². The summed E-state index contributed by atoms with van der Waals surface area (Å²) in [7, 11) is -1.83. The van der Waals surface area contributed by atoms with Gasteiger partial charge < -0.3 is 4.43 Å². The van der Waals surface area contributed by atoms with Crippen LogP contribution in [-0.2, 0) is 11.0 Å². The van der Waals surface area contributed by atoms with Gasteiger partial charge in [0.05, 0.1) is 6.61 Å². The minimum atomic E-state index is -1.83. The molecule has 96 valence electrons. The van der Waals surface area contributed by atoms with Crippen LogP contribution in [0.4, 0.5) is 8.78 Å². The van der Waals surface area contributed by atoms with E-state index in [1.807, 2.05) is 0 Å². The van der Waals surface area contributed by atoms with Gasteiger partial charge >= 0.3 is 0 Å². The molecule has 1 nitrogen and oxygen atoms in total. The van der Waals surface area contributed by atoms with Gasteiger partial charge in [-0.05, 0) is 35.8 Å². The minimum absolute atomic E-state index is 0.117. The van der Waals surface area contributed by atoms with Crippen LogP contribution in [0.2, 0.25) is 18.1 Å². The van der Waals surface area contributed by atoms with Crippen LogP contribution in [0.3, 0.4) is 0 Å². The Morgan fingerprint density at radius 3 is 2.18 bits per heavy atom. The molecule has 0 N–H and O–H groups in total. The molecular formula is C13H20F2OSi. The third kappa shape index (κ3) is 3.61. The second kappa shape index (κ2) is 4.86. The van der Waals surface area contributed by atoms with Gasteiger partial charge in [0, 0.05) is 0 Å². The van der Waals surface area contributed by atoms with Crippen LogP contribution in [-0.4, -0.2) is 8.32 Å². The molecule has 0 spiro atoms. The van der Waals surface area contributed by atoms with Crippen molar-refractivity contribution >= 4 is 8.32 Å². The van der Waals surface area contributed by atoms with E-state index in [4.69, 9.17) is 4.43 Å². The van der Waals surface area contributed by atoms with Gasteiger partial charge in [-0.25, -0.2) is 8.78 Å². The molecule has 1 rings (SSSR count). The molecule has 1 aromatic carbocycles. The molecule has 1 aromatic rings. The number of benzene rings is 1. The Morgan fingerprint density at radius 1 is 1.12 bits per heavy atom. The van der Waals surface area contributed by atoms with Gasteiger partial charge in [0.1, 0.15) is 0 Å². The number of rotatable bonds is 3. The summed E-state index contributed by atoms with van der Waals surface area (Å²) in [5.41, 5.74) is 0.675. The molecule has 0 atom stereocenters. The summed E-state index contributed by atoms with van der Waals surface area (Å²) >= 11 is 0. The minimum Gasteiger partial charge on any atom is -0.413 e. The highest BCUT2D eigenvalue weighted by Crippen LogP contribution is 2.37. The smallest absolute Gasteiger partial charge is 0.192 e. The Kier molecular flexibility index (Phi) is 4.09. The molecule has 0 aliphatic heterocycles. The van der Waals surface area contributed by atoms with Crippen molar-refractivity contribution in [1.29, 1.82) is 0 Å². The predicted octanol–water partition coefficient (Wildman–Crippen LogP) is 4.49. The summed E-state index contributed by atoms with van der Waals surface area (Å²) in [5.74, 6) is -1.64. The Balaban J connectivity index is 2.71. The summed E-state index contributed by atoms with van der Waals surface area (Å²) in [6.07, 6.45) is 0. The zero-order valence-electron chi connectivity index (χ0n) is 11.1. The van der Waals surface area contributed by atoms with E-state index >= 15 is 0 Å². The highest BCUT2D eigenvalue weighted by molar-refractivity contribution is 6.74. The molecule has 0 aliphatic carbocycles. The van der Waals surface area contributed by atoms with Crippen LogP contribution in [0.15, 0.2) is 18.2 Å². The average Bonchev–Trinajstić information content (AvgIpc) is 2.18. The van der Waals surface area contributed by atoms with Gasteiger partial charge in [-0.3, -0.25) is 0 Å². The Hall–Kier alpha value is -0.743. The fourth-order valence-electron chi connectivity index (χ4n) is 1.11. The van der Waals surface area contributed by atoms with E-state index in [9.17, 15) is 8.78 Å². The van der Waals surface area contributed by atoms with E-state index in [0.717, 1.165) is 6.07 Å². The van der Waals surface area contributed by atoms with Crippen molar-refractivity contribution in [2.75, 3.05) is 0 Å². The van der Waals surface area contributed by atoms with Crippen LogP contribution >= 0.6 is 0 Å². The fourth-order valence-corrected chi connectivity index (χ4v) is 2.07. The topological polar surface area (TPSA) is 9.23 Å². The lowest BCUT2D eigenvalue weighted by molar-refractivity contribution is 0.275. The molecule has 0 unspecified atom stereocenters. The number of halogens is 2. The van der Waals surface area contributed by atoms with Gasteiger partial charge in [0.15, 0.2) is 20.0 Å². The summed E-state index contributed by atoms with van der Waals surface area (Å²) in [6.45, 7) is 11.0. The third-order valence-electron chi connectivity index (χ3n) is 3.39. The van der Waals surface area contributed by atoms with Crippen molar-refractivity contribution in [3.05, 3.63) is 35.4 Å². The van der Waals surface area contributed by atoms with Gasteiger partial charge in [-0.2, -0.15) is 0 Å². The van der Waals surface area contributed by atoms with Crippen molar-refractivity contribution in [2.24, 2.45) is 0 Å². The fraction of sp³-hybridized carbons (Fsp3) is 0.538. The van der Waals surface area contributed by atoms with Crippen LogP contribution in [0.5, 0.6) is 0 Å². The van der Waals surface area contributed by atoms with Crippen LogP contribution in [0.25, 0.3) is 0 Å². The molecule has 0 saturated heterocycles. The quantitative estimate of drug-likeness (QED) is 0.726. The number of hydrogen-bond acceptors (Lipinski definition) is 1. The highest BCUT2D eigenvalue weighted by atomic mass is 28.4. The van der Waals surface area contributed by atoms with E-state index in [2.05, 4.69) is 33.9 Å². The summed E-state index contributed by atoms with van der Waals surface area (Å²) in [5, 5.41) is 0.117. The first-order valence-corrected chi connectivity index (χ1v) is 8.62. The van der Waals surface area contributed by atoms with Crippen LogP contribution in [0, 0.1) is 11.6 Å². The monoisotopic (exact) mass is 258 g/mol. The van der Waals surface area contributed by atoms with Gasteiger partial charge in [0.25, 0.3) is 0 Å². The maximum absolute atomic E-state index is 13.0. The Bertz CT molecular complexity index is 397. The molecule has 0 aromatic heterocycles. The van der Waals surface area contributed by atoms with E-state index in [1.54, 1.807) is 6.07 Å². The summed E-state index contributed by atoms with van der Waals surface area (Å²) < 4.78 is 31.7. The average molecular weight is 258 g/mol. The van der Waals surface area contributed by atoms with Crippen molar-refractivity contribution in [3.63, 3.8) is 0 Å². The zero-order chi connectivity index (χ0) is 13.3. The molecule has 0 fully saturated rings. The van der Waals surface area contributed by atoms with Crippen molar-refractivity contribution in [1.82, 2.24) is 0 Å². The van der Waals surface area contributed by atoms with Gasteiger partial charge in [0.2, 0.25) is 0 Å². The molecule has 4 heteroatoms. The standard InChI is InChI=1S/C13H20F2OSi/c1-13(2,3)17(4,5)16-9-10-6-7-11(14)12(15)8-10/h6-8H,9H2,1-5H3. The Morgan fingerprint density at radius 2 is 1.71 bits per heavy atom. The molecule has 0 saturated carbocycles. The predicted molar refractivity (Wildman–Crippen MR) is 68.3 cm³/mol. The molecule has 0 amide bonds. The van der Waals surface area contributed by atoms with Crippen LogP contribution in [0.1, 0.15) is 26.3 Å². The SMILES string of the molecule is CC(C)(C)[Si](C)(C)OCc1ccc(F)c(F)c1. The zero-order valence-corrected chi connectivity index (χ0v) is 12.1. The normalized spacial score (nSPS) is 12.9. The summed E-state index contributed by atoms with van der Waals surface area (Å²) in [6, 6.07) is 3.90. The molecule has 0 heterocycles. The van der Waals surface area contributed by atoms with E-state index in [-0.39, 0.29) is 5.04 Å². The molecule has 0 aliphatic rings. The molecule has 0 radical (unpaired) electrons. The lowest BCUT2D eigenvalue weighted by atomic mass is 10.2. The third-order valence-corrected chi connectivity index (χ3v) is 7.87. The second-order valence-electron chi connectivity index (χ2n) is 5.80. The molecule has 17 heavy (non-hydrogen) atoms. The van der Waals surface area contributed by atoms with Crippen LogP contribution < -0.4 is 0 Å². The second-order valence-corrected chi connectivity index (χ2v) is 10.6. The maximum Gasteiger partial charge on any atom is 0.192 e. The number of hydrogen-bond donors (Lipinski definition) is 0. The maximum atomic E-state index is 13.0. The molecular weight excluding hydrogens is 238 g/mol. The van der Waals surface area contributed by atoms with E-state index < -0.39 is 20.0 Å². The van der Waals surface area contributed by atoms with Crippen molar-refractivity contribution in [3.8, 4) is 0 Å². The lowest BCUT2D eigenvalue weighted by Gasteiger charge is -2.36. The highest BCUT2D eigenvalue weighted by Gasteiger charge is 2.36. The van der Waals surface area contributed by atoms with Crippen molar-refractivity contribution in [2.45, 2.75) is 45.5 Å². The van der Waals surface area contributed by atoms with E-state index in [0.29, 0.717) is 12.2 Å². The molecule has 0 bridgehead atoms. The van der Waals surface area contributed by atoms with Gasteiger partial charge in [-0.15, -0.1) is 0 Å². The van der Waals surface area contributed by atoms with E-state index in [1.165, 1.54) is 6.07 Å². The first kappa shape index (κ1) is 14.3. The first-order chi connectivity index (χ1) is 7.63.